The van der Waals surface area contributed by atoms with Gasteiger partial charge in [-0.1, -0.05) is 12.2 Å². The highest BCUT2D eigenvalue weighted by molar-refractivity contribution is 5.97. The third kappa shape index (κ3) is 2.90. The molecule has 1 aliphatic rings. The molecule has 2 unspecified atom stereocenters. The first-order valence-corrected chi connectivity index (χ1v) is 5.68. The van der Waals surface area contributed by atoms with Gasteiger partial charge in [0.15, 0.2) is 0 Å². The van der Waals surface area contributed by atoms with Crippen LogP contribution in [0.15, 0.2) is 30.4 Å². The summed E-state index contributed by atoms with van der Waals surface area (Å²) in [4.78, 5) is 22.6. The lowest BCUT2D eigenvalue weighted by Crippen LogP contribution is -2.33. The van der Waals surface area contributed by atoms with Gasteiger partial charge in [-0.15, -0.1) is 0 Å². The van der Waals surface area contributed by atoms with Crippen LogP contribution in [0, 0.1) is 11.7 Å². The molecule has 0 radical (unpaired) electrons. The molecule has 0 saturated carbocycles. The van der Waals surface area contributed by atoms with Crippen LogP contribution in [0.25, 0.3) is 0 Å². The SMILES string of the molecule is O=C(NC1C=CC(C(=O)O)C1)c1cc(F)ccc1O. The molecule has 0 spiro atoms. The highest BCUT2D eigenvalue weighted by Crippen LogP contribution is 2.21. The van der Waals surface area contributed by atoms with Gasteiger partial charge < -0.3 is 15.5 Å². The predicted molar refractivity (Wildman–Crippen MR) is 64.2 cm³/mol. The van der Waals surface area contributed by atoms with Crippen LogP contribution in [-0.4, -0.2) is 28.1 Å². The highest BCUT2D eigenvalue weighted by atomic mass is 19.1. The maximum absolute atomic E-state index is 13.0. The Bertz CT molecular complexity index is 556. The zero-order valence-corrected chi connectivity index (χ0v) is 9.84. The minimum atomic E-state index is -0.957. The zero-order valence-electron chi connectivity index (χ0n) is 9.84. The molecule has 0 heterocycles. The first-order chi connectivity index (χ1) is 8.97. The fraction of sp³-hybridized carbons (Fsp3) is 0.231. The molecule has 0 saturated heterocycles. The summed E-state index contributed by atoms with van der Waals surface area (Å²) in [5.41, 5.74) is -0.174. The molecule has 2 rings (SSSR count). The first-order valence-electron chi connectivity index (χ1n) is 5.68. The molecule has 6 heteroatoms. The van der Waals surface area contributed by atoms with E-state index in [4.69, 9.17) is 5.11 Å². The molecule has 1 aromatic carbocycles. The van der Waals surface area contributed by atoms with Crippen LogP contribution in [0.1, 0.15) is 16.8 Å². The number of amides is 1. The highest BCUT2D eigenvalue weighted by Gasteiger charge is 2.26. The molecule has 0 fully saturated rings. The van der Waals surface area contributed by atoms with Crippen LogP contribution in [0.2, 0.25) is 0 Å². The molecule has 1 aliphatic carbocycles. The third-order valence-electron chi connectivity index (χ3n) is 2.92. The molecule has 0 aromatic heterocycles. The van der Waals surface area contributed by atoms with Crippen molar-refractivity contribution in [3.05, 3.63) is 41.7 Å². The second-order valence-corrected chi connectivity index (χ2v) is 4.31. The number of carbonyl (C=O) groups is 2. The molecular weight excluding hydrogens is 253 g/mol. The number of halogens is 1. The Labute approximate surface area is 108 Å². The Hall–Kier alpha value is -2.37. The third-order valence-corrected chi connectivity index (χ3v) is 2.92. The minimum Gasteiger partial charge on any atom is -0.507 e. The zero-order chi connectivity index (χ0) is 14.0. The lowest BCUT2D eigenvalue weighted by molar-refractivity contribution is -0.140. The Balaban J connectivity index is 2.05. The smallest absolute Gasteiger partial charge is 0.310 e. The lowest BCUT2D eigenvalue weighted by Gasteiger charge is -2.12. The summed E-state index contributed by atoms with van der Waals surface area (Å²) in [7, 11) is 0. The van der Waals surface area contributed by atoms with Crippen molar-refractivity contribution < 1.29 is 24.2 Å². The summed E-state index contributed by atoms with van der Waals surface area (Å²) in [6.07, 6.45) is 3.32. The molecule has 1 aromatic rings. The molecule has 3 N–H and O–H groups in total. The molecule has 1 amide bonds. The average Bonchev–Trinajstić information content (AvgIpc) is 2.80. The Morgan fingerprint density at radius 1 is 1.32 bits per heavy atom. The van der Waals surface area contributed by atoms with Crippen molar-refractivity contribution in [1.82, 2.24) is 5.32 Å². The number of aromatic hydroxyl groups is 1. The van der Waals surface area contributed by atoms with E-state index < -0.39 is 29.7 Å². The van der Waals surface area contributed by atoms with E-state index in [9.17, 15) is 19.1 Å². The second-order valence-electron chi connectivity index (χ2n) is 4.31. The van der Waals surface area contributed by atoms with E-state index in [-0.39, 0.29) is 17.7 Å². The second kappa shape index (κ2) is 5.09. The van der Waals surface area contributed by atoms with E-state index >= 15 is 0 Å². The number of hydrogen-bond donors (Lipinski definition) is 3. The fourth-order valence-corrected chi connectivity index (χ4v) is 1.93. The Morgan fingerprint density at radius 3 is 2.68 bits per heavy atom. The van der Waals surface area contributed by atoms with Crippen LogP contribution >= 0.6 is 0 Å². The van der Waals surface area contributed by atoms with Crippen molar-refractivity contribution in [1.29, 1.82) is 0 Å². The topological polar surface area (TPSA) is 86.6 Å². The molecular formula is C13H12FNO4. The number of carboxylic acids is 1. The number of carboxylic acid groups (broad SMARTS) is 1. The van der Waals surface area contributed by atoms with Gasteiger partial charge in [-0.05, 0) is 24.6 Å². The van der Waals surface area contributed by atoms with Crippen molar-refractivity contribution in [2.75, 3.05) is 0 Å². The normalized spacial score (nSPS) is 21.3. The van der Waals surface area contributed by atoms with Gasteiger partial charge in [0.25, 0.3) is 5.91 Å². The van der Waals surface area contributed by atoms with Gasteiger partial charge in [-0.2, -0.15) is 0 Å². The summed E-state index contributed by atoms with van der Waals surface area (Å²) < 4.78 is 13.0. The van der Waals surface area contributed by atoms with Gasteiger partial charge in [-0.3, -0.25) is 9.59 Å². The van der Waals surface area contributed by atoms with Gasteiger partial charge >= 0.3 is 5.97 Å². The Kier molecular flexibility index (Phi) is 3.50. The fourth-order valence-electron chi connectivity index (χ4n) is 1.93. The number of benzene rings is 1. The average molecular weight is 265 g/mol. The van der Waals surface area contributed by atoms with Crippen LogP contribution in [0.3, 0.4) is 0 Å². The number of hydrogen-bond acceptors (Lipinski definition) is 3. The summed E-state index contributed by atoms with van der Waals surface area (Å²) in [5.74, 6) is -3.19. The molecule has 100 valence electrons. The maximum Gasteiger partial charge on any atom is 0.310 e. The van der Waals surface area contributed by atoms with Gasteiger partial charge in [0.1, 0.15) is 11.6 Å². The summed E-state index contributed by atoms with van der Waals surface area (Å²) in [6, 6.07) is 2.63. The van der Waals surface area contributed by atoms with Crippen molar-refractivity contribution >= 4 is 11.9 Å². The van der Waals surface area contributed by atoms with Gasteiger partial charge in [0, 0.05) is 6.04 Å². The van der Waals surface area contributed by atoms with Crippen molar-refractivity contribution in [2.24, 2.45) is 5.92 Å². The van der Waals surface area contributed by atoms with Gasteiger partial charge in [0.05, 0.1) is 11.5 Å². The van der Waals surface area contributed by atoms with Crippen molar-refractivity contribution in [3.8, 4) is 5.75 Å². The number of phenolic OH excluding ortho intramolecular Hbond substituents is 1. The summed E-state index contributed by atoms with van der Waals surface area (Å²) in [6.45, 7) is 0. The number of carbonyl (C=O) groups excluding carboxylic acids is 1. The van der Waals surface area contributed by atoms with E-state index in [2.05, 4.69) is 5.32 Å². The predicted octanol–water partition coefficient (Wildman–Crippen LogP) is 1.29. The summed E-state index contributed by atoms with van der Waals surface area (Å²) >= 11 is 0. The number of rotatable bonds is 3. The molecule has 2 atom stereocenters. The standard InChI is InChI=1S/C13H12FNO4/c14-8-2-4-11(16)10(6-8)12(17)15-9-3-1-7(5-9)13(18)19/h1-4,6-7,9,16H,5H2,(H,15,17)(H,18,19). The Morgan fingerprint density at radius 2 is 2.05 bits per heavy atom. The monoisotopic (exact) mass is 265 g/mol. The molecule has 0 aliphatic heterocycles. The maximum atomic E-state index is 13.0. The quantitative estimate of drug-likeness (QED) is 0.719. The van der Waals surface area contributed by atoms with Crippen molar-refractivity contribution in [2.45, 2.75) is 12.5 Å². The van der Waals surface area contributed by atoms with E-state index in [0.717, 1.165) is 18.2 Å². The number of nitrogens with one attached hydrogen (secondary N) is 1. The van der Waals surface area contributed by atoms with Crippen LogP contribution in [-0.2, 0) is 4.79 Å². The van der Waals surface area contributed by atoms with Crippen LogP contribution < -0.4 is 5.32 Å². The number of aliphatic carboxylic acids is 1. The van der Waals surface area contributed by atoms with Crippen LogP contribution in [0.5, 0.6) is 5.75 Å². The first kappa shape index (κ1) is 13.1. The largest absolute Gasteiger partial charge is 0.507 e. The minimum absolute atomic E-state index is 0.174. The van der Waals surface area contributed by atoms with E-state index in [1.165, 1.54) is 6.08 Å². The molecule has 0 bridgehead atoms. The van der Waals surface area contributed by atoms with E-state index in [0.29, 0.717) is 0 Å². The van der Waals surface area contributed by atoms with E-state index in [1.807, 2.05) is 0 Å². The van der Waals surface area contributed by atoms with Crippen LogP contribution in [0.4, 0.5) is 4.39 Å². The van der Waals surface area contributed by atoms with E-state index in [1.54, 1.807) is 6.08 Å². The molecule has 5 nitrogen and oxygen atoms in total. The van der Waals surface area contributed by atoms with Gasteiger partial charge in [0.2, 0.25) is 0 Å². The van der Waals surface area contributed by atoms with Crippen molar-refractivity contribution in [3.63, 3.8) is 0 Å². The number of phenols is 1. The summed E-state index contributed by atoms with van der Waals surface area (Å²) in [5, 5.41) is 20.8. The van der Waals surface area contributed by atoms with Gasteiger partial charge in [-0.25, -0.2) is 4.39 Å². The lowest BCUT2D eigenvalue weighted by atomic mass is 10.1. The molecule has 19 heavy (non-hydrogen) atoms.